The van der Waals surface area contributed by atoms with E-state index in [1.54, 1.807) is 0 Å². The fraction of sp³-hybridized carbons (Fsp3) is 0.167. The third-order valence-corrected chi connectivity index (χ3v) is 3.19. The van der Waals surface area contributed by atoms with Gasteiger partial charge in [0, 0.05) is 12.3 Å². The topological polar surface area (TPSA) is 78.0 Å². The van der Waals surface area contributed by atoms with Crippen LogP contribution in [0.1, 0.15) is 11.3 Å². The molecule has 134 valence electrons. The second kappa shape index (κ2) is 6.02. The molecule has 0 saturated heterocycles. The molecule has 2 rings (SSSR count). The number of nitrogens with zero attached hydrogens (tertiary/aromatic N) is 3. The van der Waals surface area contributed by atoms with Gasteiger partial charge >= 0.3 is 12.4 Å². The predicted molar refractivity (Wildman–Crippen MR) is 71.5 cm³/mol. The number of hydrogen-bond acceptors (Lipinski definition) is 4. The molecule has 0 aliphatic carbocycles. The smallest absolute Gasteiger partial charge is 0.273 e. The first-order chi connectivity index (χ1) is 11.3. The Morgan fingerprint density at radius 1 is 1.12 bits per heavy atom. The van der Waals surface area contributed by atoms with E-state index in [0.29, 0.717) is 0 Å². The molecule has 0 aliphatic rings. The van der Waals surface area contributed by atoms with E-state index >= 15 is 0 Å². The van der Waals surface area contributed by atoms with Crippen molar-refractivity contribution in [2.24, 2.45) is 0 Å². The maximum Gasteiger partial charge on any atom is 0.434 e. The highest BCUT2D eigenvalue weighted by Gasteiger charge is 2.36. The molecule has 0 atom stereocenters. The molecule has 2 aromatic rings. The van der Waals surface area contributed by atoms with Crippen LogP contribution in [0.25, 0.3) is 5.69 Å². The number of aromatic nitrogens is 2. The minimum atomic E-state index is -5.00. The summed E-state index contributed by atoms with van der Waals surface area (Å²) in [5.41, 5.74) is -6.56. The Bertz CT molecular complexity index is 906. The van der Waals surface area contributed by atoms with Crippen molar-refractivity contribution < 1.29 is 31.3 Å². The lowest BCUT2D eigenvalue weighted by molar-refractivity contribution is -0.384. The first-order valence-corrected chi connectivity index (χ1v) is 6.41. The summed E-state index contributed by atoms with van der Waals surface area (Å²) in [5.74, 6) is 0. The zero-order valence-corrected chi connectivity index (χ0v) is 12.3. The number of nitro groups is 1. The van der Waals surface area contributed by atoms with E-state index in [1.165, 1.54) is 0 Å². The first kappa shape index (κ1) is 18.7. The van der Waals surface area contributed by atoms with Crippen molar-refractivity contribution in [1.82, 2.24) is 9.55 Å². The van der Waals surface area contributed by atoms with Crippen LogP contribution < -0.4 is 5.56 Å². The Morgan fingerprint density at radius 2 is 1.72 bits per heavy atom. The molecule has 0 spiro atoms. The van der Waals surface area contributed by atoms with Gasteiger partial charge < -0.3 is 0 Å². The molecule has 0 amide bonds. The zero-order valence-electron chi connectivity index (χ0n) is 11.5. The number of halogens is 7. The molecule has 1 aromatic heterocycles. The third-order valence-electron chi connectivity index (χ3n) is 2.90. The van der Waals surface area contributed by atoms with Gasteiger partial charge in [-0.1, -0.05) is 11.6 Å². The third kappa shape index (κ3) is 3.73. The van der Waals surface area contributed by atoms with Crippen molar-refractivity contribution in [3.8, 4) is 5.69 Å². The average Bonchev–Trinajstić information content (AvgIpc) is 2.45. The van der Waals surface area contributed by atoms with Crippen LogP contribution >= 0.6 is 11.6 Å². The number of hydrogen-bond donors (Lipinski definition) is 0. The van der Waals surface area contributed by atoms with Crippen LogP contribution in [0.2, 0.25) is 5.02 Å². The normalized spacial score (nSPS) is 12.3. The van der Waals surface area contributed by atoms with Crippen LogP contribution in [-0.4, -0.2) is 14.5 Å². The van der Waals surface area contributed by atoms with Gasteiger partial charge in [0.05, 0.1) is 21.7 Å². The van der Waals surface area contributed by atoms with Crippen molar-refractivity contribution >= 4 is 17.3 Å². The maximum absolute atomic E-state index is 12.7. The summed E-state index contributed by atoms with van der Waals surface area (Å²) in [4.78, 5) is 24.3. The number of alkyl halides is 6. The minimum absolute atomic E-state index is 0.0708. The van der Waals surface area contributed by atoms with E-state index in [1.807, 2.05) is 0 Å². The molecule has 0 fully saturated rings. The van der Waals surface area contributed by atoms with Gasteiger partial charge in [0.2, 0.25) is 0 Å². The molecular formula is C12H4ClF6N3O3. The Hall–Kier alpha value is -2.63. The van der Waals surface area contributed by atoms with Crippen molar-refractivity contribution in [1.29, 1.82) is 0 Å². The Kier molecular flexibility index (Phi) is 4.51. The SMILES string of the molecule is O=c1cnc(C(F)(F)F)cn1-c1c(Cl)cc(C(F)(F)F)cc1[N+](=O)[O-]. The molecule has 6 nitrogen and oxygen atoms in total. The second-order valence-corrected chi connectivity index (χ2v) is 4.97. The Labute approximate surface area is 138 Å². The van der Waals surface area contributed by atoms with Crippen LogP contribution in [-0.2, 0) is 12.4 Å². The summed E-state index contributed by atoms with van der Waals surface area (Å²) in [6.07, 6.45) is -9.65. The average molecular weight is 388 g/mol. The van der Waals surface area contributed by atoms with Crippen molar-refractivity contribution in [2.75, 3.05) is 0 Å². The van der Waals surface area contributed by atoms with Crippen LogP contribution in [0.15, 0.2) is 29.3 Å². The fourth-order valence-electron chi connectivity index (χ4n) is 1.85. The van der Waals surface area contributed by atoms with Gasteiger partial charge in [0.1, 0.15) is 5.69 Å². The van der Waals surface area contributed by atoms with Crippen LogP contribution in [0.5, 0.6) is 0 Å². The van der Waals surface area contributed by atoms with Crippen LogP contribution in [0.4, 0.5) is 32.0 Å². The molecule has 0 N–H and O–H groups in total. The fourth-order valence-corrected chi connectivity index (χ4v) is 2.16. The summed E-state index contributed by atoms with van der Waals surface area (Å²) >= 11 is 5.59. The molecule has 0 bridgehead atoms. The highest BCUT2D eigenvalue weighted by Crippen LogP contribution is 2.38. The second-order valence-electron chi connectivity index (χ2n) is 4.56. The molecule has 0 aliphatic heterocycles. The highest BCUT2D eigenvalue weighted by molar-refractivity contribution is 6.33. The zero-order chi connectivity index (χ0) is 19.2. The maximum atomic E-state index is 12.7. The number of nitro benzene ring substituents is 1. The Balaban J connectivity index is 2.84. The van der Waals surface area contributed by atoms with E-state index in [9.17, 15) is 41.3 Å². The standard InChI is InChI=1S/C12H4ClF6N3O3/c13-6-1-5(11(14,15)16)2-7(22(24)25)10(6)21-4-8(12(17,18)19)20-3-9(21)23/h1-4H. The van der Waals surface area contributed by atoms with Gasteiger partial charge in [-0.3, -0.25) is 19.5 Å². The van der Waals surface area contributed by atoms with Crippen molar-refractivity contribution in [2.45, 2.75) is 12.4 Å². The van der Waals surface area contributed by atoms with Gasteiger partial charge in [-0.25, -0.2) is 4.98 Å². The van der Waals surface area contributed by atoms with Crippen molar-refractivity contribution in [3.05, 3.63) is 61.3 Å². The monoisotopic (exact) mass is 387 g/mol. The molecule has 0 radical (unpaired) electrons. The lowest BCUT2D eigenvalue weighted by Crippen LogP contribution is -2.23. The van der Waals surface area contributed by atoms with E-state index in [2.05, 4.69) is 4.98 Å². The summed E-state index contributed by atoms with van der Waals surface area (Å²) in [6.45, 7) is 0. The molecule has 1 aromatic carbocycles. The van der Waals surface area contributed by atoms with E-state index < -0.39 is 50.5 Å². The minimum Gasteiger partial charge on any atom is -0.273 e. The largest absolute Gasteiger partial charge is 0.434 e. The first-order valence-electron chi connectivity index (χ1n) is 6.04. The van der Waals surface area contributed by atoms with E-state index in [-0.39, 0.29) is 29.1 Å². The van der Waals surface area contributed by atoms with E-state index in [0.717, 1.165) is 0 Å². The number of rotatable bonds is 2. The van der Waals surface area contributed by atoms with Crippen LogP contribution in [0.3, 0.4) is 0 Å². The molecule has 0 unspecified atom stereocenters. The highest BCUT2D eigenvalue weighted by atomic mass is 35.5. The van der Waals surface area contributed by atoms with Gasteiger partial charge in [0.25, 0.3) is 11.2 Å². The quantitative estimate of drug-likeness (QED) is 0.446. The van der Waals surface area contributed by atoms with Gasteiger partial charge in [-0.05, 0) is 6.07 Å². The summed E-state index contributed by atoms with van der Waals surface area (Å²) < 4.78 is 76.4. The lowest BCUT2D eigenvalue weighted by atomic mass is 10.1. The lowest BCUT2D eigenvalue weighted by Gasteiger charge is -2.13. The molecule has 1 heterocycles. The predicted octanol–water partition coefficient (Wildman–Crippen LogP) is 3.83. The van der Waals surface area contributed by atoms with Crippen LogP contribution in [0, 0.1) is 10.1 Å². The number of benzene rings is 1. The molecular weight excluding hydrogens is 384 g/mol. The molecule has 13 heteroatoms. The van der Waals surface area contributed by atoms with Gasteiger partial charge in [-0.2, -0.15) is 26.3 Å². The van der Waals surface area contributed by atoms with Crippen molar-refractivity contribution in [3.63, 3.8) is 0 Å². The Morgan fingerprint density at radius 3 is 2.20 bits per heavy atom. The van der Waals surface area contributed by atoms with E-state index in [4.69, 9.17) is 11.6 Å². The summed E-state index contributed by atoms with van der Waals surface area (Å²) in [6, 6.07) is 0.339. The summed E-state index contributed by atoms with van der Waals surface area (Å²) in [5, 5.41) is 10.1. The molecule has 25 heavy (non-hydrogen) atoms. The van der Waals surface area contributed by atoms with Gasteiger partial charge in [0.15, 0.2) is 5.69 Å². The van der Waals surface area contributed by atoms with Gasteiger partial charge in [-0.15, -0.1) is 0 Å². The summed E-state index contributed by atoms with van der Waals surface area (Å²) in [7, 11) is 0. The molecule has 0 saturated carbocycles.